The Bertz CT molecular complexity index is 729. The van der Waals surface area contributed by atoms with Crippen LogP contribution in [0.15, 0.2) is 47.2 Å². The highest BCUT2D eigenvalue weighted by atomic mass is 16.3. The number of anilines is 1. The maximum atomic E-state index is 12.4. The van der Waals surface area contributed by atoms with Gasteiger partial charge in [0, 0.05) is 37.7 Å². The molecular weight excluding hydrogens is 294 g/mol. The van der Waals surface area contributed by atoms with Crippen LogP contribution < -0.4 is 4.90 Å². The maximum Gasteiger partial charge on any atom is 0.289 e. The predicted octanol–water partition coefficient (Wildman–Crippen LogP) is 1.94. The molecule has 0 radical (unpaired) electrons. The Hall–Kier alpha value is -2.63. The first-order valence-electron chi connectivity index (χ1n) is 7.71. The van der Waals surface area contributed by atoms with Gasteiger partial charge in [0.1, 0.15) is 5.82 Å². The van der Waals surface area contributed by atoms with E-state index in [-0.39, 0.29) is 17.2 Å². The van der Waals surface area contributed by atoms with Crippen molar-refractivity contribution in [1.29, 1.82) is 0 Å². The molecule has 0 aromatic carbocycles. The van der Waals surface area contributed by atoms with Gasteiger partial charge in [0.15, 0.2) is 5.76 Å². The number of carbonyl (C=O) groups excluding carboxylic acids is 2. The third-order valence-corrected chi connectivity index (χ3v) is 4.70. The van der Waals surface area contributed by atoms with Crippen molar-refractivity contribution in [2.24, 2.45) is 5.41 Å². The van der Waals surface area contributed by atoms with Crippen molar-refractivity contribution in [3.63, 3.8) is 0 Å². The largest absolute Gasteiger partial charge is 0.459 e. The molecule has 2 saturated heterocycles. The first-order chi connectivity index (χ1) is 11.2. The second-order valence-corrected chi connectivity index (χ2v) is 6.30. The van der Waals surface area contributed by atoms with Gasteiger partial charge in [-0.1, -0.05) is 6.07 Å². The molecule has 0 unspecified atom stereocenters. The van der Waals surface area contributed by atoms with Gasteiger partial charge in [0.05, 0.1) is 6.26 Å². The molecule has 2 fully saturated rings. The van der Waals surface area contributed by atoms with Crippen LogP contribution in [0.5, 0.6) is 0 Å². The van der Waals surface area contributed by atoms with E-state index in [0.29, 0.717) is 37.6 Å². The van der Waals surface area contributed by atoms with Gasteiger partial charge in [-0.05, 0) is 30.7 Å². The first kappa shape index (κ1) is 14.0. The SMILES string of the molecule is O=C(c1ccco1)N1CC[C@]2(CC(=O)N(c3ccccn3)C2)C1. The molecular formula is C17H17N3O3. The minimum Gasteiger partial charge on any atom is -0.459 e. The summed E-state index contributed by atoms with van der Waals surface area (Å²) < 4.78 is 5.19. The summed E-state index contributed by atoms with van der Waals surface area (Å²) in [6, 6.07) is 8.94. The fourth-order valence-electron chi connectivity index (χ4n) is 3.56. The summed E-state index contributed by atoms with van der Waals surface area (Å²) in [7, 11) is 0. The number of carbonyl (C=O) groups is 2. The van der Waals surface area contributed by atoms with E-state index in [9.17, 15) is 9.59 Å². The molecule has 23 heavy (non-hydrogen) atoms. The van der Waals surface area contributed by atoms with Crippen LogP contribution in [0.3, 0.4) is 0 Å². The monoisotopic (exact) mass is 311 g/mol. The first-order valence-corrected chi connectivity index (χ1v) is 7.71. The lowest BCUT2D eigenvalue weighted by atomic mass is 9.86. The van der Waals surface area contributed by atoms with E-state index in [0.717, 1.165) is 6.42 Å². The van der Waals surface area contributed by atoms with Crippen LogP contribution in [0, 0.1) is 5.41 Å². The zero-order valence-electron chi connectivity index (χ0n) is 12.6. The summed E-state index contributed by atoms with van der Waals surface area (Å²) in [4.78, 5) is 32.6. The molecule has 2 amide bonds. The molecule has 4 heterocycles. The van der Waals surface area contributed by atoms with E-state index in [1.54, 1.807) is 28.1 Å². The number of nitrogens with zero attached hydrogens (tertiary/aromatic N) is 3. The van der Waals surface area contributed by atoms with Crippen LogP contribution in [0.1, 0.15) is 23.4 Å². The molecule has 0 aliphatic carbocycles. The Morgan fingerprint density at radius 2 is 2.13 bits per heavy atom. The lowest BCUT2D eigenvalue weighted by molar-refractivity contribution is -0.117. The Labute approximate surface area is 133 Å². The van der Waals surface area contributed by atoms with Crippen molar-refractivity contribution in [2.45, 2.75) is 12.8 Å². The zero-order valence-corrected chi connectivity index (χ0v) is 12.6. The highest BCUT2D eigenvalue weighted by Crippen LogP contribution is 2.41. The second kappa shape index (κ2) is 5.22. The maximum absolute atomic E-state index is 12.4. The number of furan rings is 1. The van der Waals surface area contributed by atoms with Crippen LogP contribution in [0.2, 0.25) is 0 Å². The smallest absolute Gasteiger partial charge is 0.289 e. The van der Waals surface area contributed by atoms with Gasteiger partial charge in [-0.25, -0.2) is 4.98 Å². The molecule has 0 N–H and O–H groups in total. The third-order valence-electron chi connectivity index (χ3n) is 4.70. The van der Waals surface area contributed by atoms with Gasteiger partial charge in [0.2, 0.25) is 5.91 Å². The average Bonchev–Trinajstić information content (AvgIpc) is 3.29. The van der Waals surface area contributed by atoms with E-state index in [1.165, 1.54) is 6.26 Å². The molecule has 0 saturated carbocycles. The van der Waals surface area contributed by atoms with Gasteiger partial charge in [0.25, 0.3) is 5.91 Å². The van der Waals surface area contributed by atoms with Gasteiger partial charge in [-0.15, -0.1) is 0 Å². The number of likely N-dealkylation sites (tertiary alicyclic amines) is 1. The highest BCUT2D eigenvalue weighted by Gasteiger charge is 2.49. The molecule has 4 rings (SSSR count). The van der Waals surface area contributed by atoms with E-state index in [2.05, 4.69) is 4.98 Å². The van der Waals surface area contributed by atoms with Gasteiger partial charge in [-0.3, -0.25) is 14.5 Å². The average molecular weight is 311 g/mol. The minimum absolute atomic E-state index is 0.0796. The quantitative estimate of drug-likeness (QED) is 0.850. The Balaban J connectivity index is 1.51. The van der Waals surface area contributed by atoms with E-state index >= 15 is 0 Å². The lowest BCUT2D eigenvalue weighted by Gasteiger charge is -2.23. The molecule has 2 aromatic heterocycles. The molecule has 118 valence electrons. The van der Waals surface area contributed by atoms with Crippen molar-refractivity contribution >= 4 is 17.6 Å². The summed E-state index contributed by atoms with van der Waals surface area (Å²) >= 11 is 0. The molecule has 6 nitrogen and oxygen atoms in total. The van der Waals surface area contributed by atoms with E-state index < -0.39 is 0 Å². The van der Waals surface area contributed by atoms with Crippen LogP contribution in [0.4, 0.5) is 5.82 Å². The van der Waals surface area contributed by atoms with E-state index in [1.807, 2.05) is 18.2 Å². The number of amides is 2. The van der Waals surface area contributed by atoms with Crippen molar-refractivity contribution in [3.05, 3.63) is 48.6 Å². The molecule has 1 atom stereocenters. The topological polar surface area (TPSA) is 66.7 Å². The predicted molar refractivity (Wildman–Crippen MR) is 82.9 cm³/mol. The van der Waals surface area contributed by atoms with Crippen LogP contribution in [-0.4, -0.2) is 41.3 Å². The van der Waals surface area contributed by atoms with Crippen LogP contribution in [-0.2, 0) is 4.79 Å². The lowest BCUT2D eigenvalue weighted by Crippen LogP contribution is -2.34. The summed E-state index contributed by atoms with van der Waals surface area (Å²) in [5.41, 5.74) is -0.170. The molecule has 0 bridgehead atoms. The van der Waals surface area contributed by atoms with Gasteiger partial charge < -0.3 is 9.32 Å². The molecule has 2 aromatic rings. The number of hydrogen-bond acceptors (Lipinski definition) is 4. The molecule has 6 heteroatoms. The molecule has 1 spiro atoms. The number of pyridine rings is 1. The van der Waals surface area contributed by atoms with E-state index in [4.69, 9.17) is 4.42 Å². The molecule has 2 aliphatic heterocycles. The number of aromatic nitrogens is 1. The fourth-order valence-corrected chi connectivity index (χ4v) is 3.56. The summed E-state index contributed by atoms with van der Waals surface area (Å²) in [5, 5.41) is 0. The zero-order chi connectivity index (χ0) is 15.9. The van der Waals surface area contributed by atoms with Crippen molar-refractivity contribution in [2.75, 3.05) is 24.5 Å². The Morgan fingerprint density at radius 3 is 2.87 bits per heavy atom. The fraction of sp³-hybridized carbons (Fsp3) is 0.353. The second-order valence-electron chi connectivity index (χ2n) is 6.30. The van der Waals surface area contributed by atoms with Gasteiger partial charge >= 0.3 is 0 Å². The number of hydrogen-bond donors (Lipinski definition) is 0. The van der Waals surface area contributed by atoms with Crippen molar-refractivity contribution < 1.29 is 14.0 Å². The Morgan fingerprint density at radius 1 is 1.22 bits per heavy atom. The van der Waals surface area contributed by atoms with Crippen molar-refractivity contribution in [3.8, 4) is 0 Å². The summed E-state index contributed by atoms with van der Waals surface area (Å²) in [6.07, 6.45) is 4.48. The minimum atomic E-state index is -0.170. The van der Waals surface area contributed by atoms with Crippen molar-refractivity contribution in [1.82, 2.24) is 9.88 Å². The van der Waals surface area contributed by atoms with Crippen LogP contribution in [0.25, 0.3) is 0 Å². The van der Waals surface area contributed by atoms with Crippen LogP contribution >= 0.6 is 0 Å². The summed E-state index contributed by atoms with van der Waals surface area (Å²) in [5.74, 6) is 1.02. The van der Waals surface area contributed by atoms with Gasteiger partial charge in [-0.2, -0.15) is 0 Å². The number of rotatable bonds is 2. The highest BCUT2D eigenvalue weighted by molar-refractivity contribution is 5.96. The standard InChI is InChI=1S/C17H17N3O3/c21-15-10-17(12-20(15)14-5-1-2-7-18-14)6-8-19(11-17)16(22)13-4-3-9-23-13/h1-5,7,9H,6,8,10-12H2/t17-/m0/s1. The summed E-state index contributed by atoms with van der Waals surface area (Å²) in [6.45, 7) is 1.86. The normalized spacial score (nSPS) is 23.9. The molecule has 2 aliphatic rings. The third kappa shape index (κ3) is 2.40. The Kier molecular flexibility index (Phi) is 3.18.